The summed E-state index contributed by atoms with van der Waals surface area (Å²) < 4.78 is 0. The van der Waals surface area contributed by atoms with Crippen molar-refractivity contribution in [1.82, 2.24) is 0 Å². The second-order valence-electron chi connectivity index (χ2n) is 9.54. The smallest absolute Gasteiger partial charge is 0.0491 e. The first-order valence-corrected chi connectivity index (χ1v) is 14.4. The Morgan fingerprint density at radius 2 is 1.12 bits per heavy atom. The molecule has 0 aromatic heterocycles. The van der Waals surface area contributed by atoms with E-state index in [1.165, 1.54) is 86.5 Å². The Balaban J connectivity index is 1.66. The molecule has 0 unspecified atom stereocenters. The molecule has 0 bridgehead atoms. The van der Waals surface area contributed by atoms with Gasteiger partial charge < -0.3 is 0 Å². The maximum Gasteiger partial charge on any atom is 0.0491 e. The normalized spacial score (nSPS) is 18.2. The molecule has 0 spiro atoms. The molecule has 0 aliphatic heterocycles. The third-order valence-electron chi connectivity index (χ3n) is 7.49. The van der Waals surface area contributed by atoms with Crippen LogP contribution in [0.3, 0.4) is 0 Å². The van der Waals surface area contributed by atoms with Gasteiger partial charge in [-0.25, -0.2) is 0 Å². The number of hydrogen-bond donors (Lipinski definition) is 0. The van der Waals surface area contributed by atoms with E-state index in [-0.39, 0.29) is 7.92 Å². The topological polar surface area (TPSA) is 0 Å². The van der Waals surface area contributed by atoms with Gasteiger partial charge in [-0.15, -0.1) is 0 Å². The van der Waals surface area contributed by atoms with E-state index in [0.717, 1.165) is 16.3 Å². The molecule has 2 heteroatoms. The van der Waals surface area contributed by atoms with Crippen molar-refractivity contribution in [1.29, 1.82) is 0 Å². The van der Waals surface area contributed by atoms with Crippen LogP contribution in [0.15, 0.2) is 72.8 Å². The summed E-state index contributed by atoms with van der Waals surface area (Å²) in [6.45, 7) is 0. The molecule has 2 fully saturated rings. The van der Waals surface area contributed by atoms with Crippen molar-refractivity contribution in [3.63, 3.8) is 0 Å². The van der Waals surface area contributed by atoms with Gasteiger partial charge in [0.1, 0.15) is 0 Å². The summed E-state index contributed by atoms with van der Waals surface area (Å²) in [6.07, 6.45) is 14.1. The lowest BCUT2D eigenvalue weighted by Gasteiger charge is -2.40. The van der Waals surface area contributed by atoms with E-state index in [9.17, 15) is 0 Å². The quantitative estimate of drug-likeness (QED) is 0.332. The van der Waals surface area contributed by atoms with Crippen LogP contribution in [0.5, 0.6) is 0 Å². The van der Waals surface area contributed by atoms with Gasteiger partial charge >= 0.3 is 0 Å². The van der Waals surface area contributed by atoms with Crippen molar-refractivity contribution < 1.29 is 0 Å². The maximum absolute atomic E-state index is 7.06. The molecule has 2 saturated carbocycles. The summed E-state index contributed by atoms with van der Waals surface area (Å²) in [5, 5.41) is 2.50. The first-order chi connectivity index (χ1) is 15.8. The van der Waals surface area contributed by atoms with E-state index in [2.05, 4.69) is 72.8 Å². The predicted octanol–water partition coefficient (Wildman–Crippen LogP) is 9.45. The average molecular weight is 461 g/mol. The third-order valence-corrected chi connectivity index (χ3v) is 11.3. The van der Waals surface area contributed by atoms with Crippen LogP contribution >= 0.6 is 19.5 Å². The van der Waals surface area contributed by atoms with Gasteiger partial charge in [-0.05, 0) is 65.1 Å². The van der Waals surface area contributed by atoms with Crippen LogP contribution in [0.25, 0.3) is 22.3 Å². The lowest BCUT2D eigenvalue weighted by molar-refractivity contribution is 0.487. The molecular formula is C30H34ClP. The number of benzene rings is 3. The van der Waals surface area contributed by atoms with Crippen molar-refractivity contribution in [2.24, 2.45) is 0 Å². The molecule has 32 heavy (non-hydrogen) atoms. The van der Waals surface area contributed by atoms with Gasteiger partial charge in [0.25, 0.3) is 0 Å². The molecule has 0 amide bonds. The molecule has 0 saturated heterocycles. The summed E-state index contributed by atoms with van der Waals surface area (Å²) in [5.41, 5.74) is 6.92. The van der Waals surface area contributed by atoms with Gasteiger partial charge in [0.15, 0.2) is 0 Å². The Kier molecular flexibility index (Phi) is 7.31. The summed E-state index contributed by atoms with van der Waals surface area (Å²) >= 11 is 7.06. The highest BCUT2D eigenvalue weighted by molar-refractivity contribution is 7.67. The molecule has 2 aliphatic rings. The van der Waals surface area contributed by atoms with E-state index in [4.69, 9.17) is 11.6 Å². The van der Waals surface area contributed by atoms with Crippen LogP contribution in [-0.4, -0.2) is 11.3 Å². The minimum atomic E-state index is -0.218. The Labute approximate surface area is 200 Å². The molecule has 3 aromatic rings. The van der Waals surface area contributed by atoms with E-state index in [0.29, 0.717) is 0 Å². The Morgan fingerprint density at radius 3 is 1.75 bits per heavy atom. The molecule has 5 rings (SSSR count). The van der Waals surface area contributed by atoms with Gasteiger partial charge in [-0.1, -0.05) is 125 Å². The van der Waals surface area contributed by atoms with Crippen LogP contribution in [0.1, 0.15) is 64.2 Å². The number of hydrogen-bond acceptors (Lipinski definition) is 0. The van der Waals surface area contributed by atoms with Crippen molar-refractivity contribution >= 4 is 24.8 Å². The van der Waals surface area contributed by atoms with Crippen molar-refractivity contribution in [3.05, 3.63) is 77.8 Å². The standard InChI is InChI=1S/C30H34ClP/c31-28-21-12-22-29(32(24-15-6-2-7-16-24)25-17-8-3-9-18-25)30(28)27-20-11-10-19-26(27)23-13-4-1-5-14-23/h1,4-5,10-14,19-22,24-25H,2-3,6-9,15-18H2. The van der Waals surface area contributed by atoms with Crippen LogP contribution in [0, 0.1) is 0 Å². The summed E-state index contributed by atoms with van der Waals surface area (Å²) in [6, 6.07) is 26.5. The van der Waals surface area contributed by atoms with E-state index < -0.39 is 0 Å². The van der Waals surface area contributed by atoms with Crippen molar-refractivity contribution in [3.8, 4) is 22.3 Å². The van der Waals surface area contributed by atoms with E-state index >= 15 is 0 Å². The second-order valence-corrected chi connectivity index (χ2v) is 12.7. The molecule has 0 atom stereocenters. The molecule has 0 nitrogen and oxygen atoms in total. The molecule has 0 heterocycles. The summed E-state index contributed by atoms with van der Waals surface area (Å²) in [7, 11) is -0.218. The molecule has 0 N–H and O–H groups in total. The highest BCUT2D eigenvalue weighted by Gasteiger charge is 2.34. The number of rotatable bonds is 5. The molecule has 3 aromatic carbocycles. The van der Waals surface area contributed by atoms with Crippen molar-refractivity contribution in [2.75, 3.05) is 0 Å². The van der Waals surface area contributed by atoms with Gasteiger partial charge in [0.05, 0.1) is 0 Å². The Bertz CT molecular complexity index is 998. The second kappa shape index (κ2) is 10.5. The number of halogens is 1. The fraction of sp³-hybridized carbons (Fsp3) is 0.400. The van der Waals surface area contributed by atoms with Gasteiger partial charge in [-0.3, -0.25) is 0 Å². The zero-order chi connectivity index (χ0) is 21.8. The highest BCUT2D eigenvalue weighted by Crippen LogP contribution is 2.57. The van der Waals surface area contributed by atoms with Crippen LogP contribution < -0.4 is 5.30 Å². The van der Waals surface area contributed by atoms with Gasteiger partial charge in [0, 0.05) is 10.6 Å². The zero-order valence-corrected chi connectivity index (χ0v) is 20.6. The monoisotopic (exact) mass is 460 g/mol. The Hall–Kier alpha value is -1.62. The Morgan fingerprint density at radius 1 is 0.562 bits per heavy atom. The average Bonchev–Trinajstić information content (AvgIpc) is 2.86. The molecule has 2 aliphatic carbocycles. The van der Waals surface area contributed by atoms with Crippen LogP contribution in [0.4, 0.5) is 0 Å². The fourth-order valence-corrected chi connectivity index (χ4v) is 10.3. The first-order valence-electron chi connectivity index (χ1n) is 12.5. The lowest BCUT2D eigenvalue weighted by Crippen LogP contribution is -2.27. The zero-order valence-electron chi connectivity index (χ0n) is 19.0. The van der Waals surface area contributed by atoms with Crippen LogP contribution in [-0.2, 0) is 0 Å². The predicted molar refractivity (Wildman–Crippen MR) is 143 cm³/mol. The lowest BCUT2D eigenvalue weighted by atomic mass is 9.94. The summed E-state index contributed by atoms with van der Waals surface area (Å²) in [4.78, 5) is 0. The highest BCUT2D eigenvalue weighted by atomic mass is 35.5. The first kappa shape index (κ1) is 22.2. The molecule has 166 valence electrons. The van der Waals surface area contributed by atoms with Crippen molar-refractivity contribution in [2.45, 2.75) is 75.5 Å². The fourth-order valence-electron chi connectivity index (χ4n) is 5.98. The minimum Gasteiger partial charge on any atom is -0.0836 e. The SMILES string of the molecule is Clc1cccc(P(C2CCCCC2)C2CCCCC2)c1-c1ccccc1-c1ccccc1. The minimum absolute atomic E-state index is 0.218. The summed E-state index contributed by atoms with van der Waals surface area (Å²) in [5.74, 6) is 0. The third kappa shape index (κ3) is 4.69. The molecule has 0 radical (unpaired) electrons. The largest absolute Gasteiger partial charge is 0.0836 e. The maximum atomic E-state index is 7.06. The van der Waals surface area contributed by atoms with Crippen LogP contribution in [0.2, 0.25) is 5.02 Å². The van der Waals surface area contributed by atoms with Gasteiger partial charge in [0.2, 0.25) is 0 Å². The van der Waals surface area contributed by atoms with Gasteiger partial charge in [-0.2, -0.15) is 0 Å². The van der Waals surface area contributed by atoms with E-state index in [1.54, 1.807) is 5.30 Å². The molecular weight excluding hydrogens is 427 g/mol. The van der Waals surface area contributed by atoms with E-state index in [1.807, 2.05) is 0 Å².